The van der Waals surface area contributed by atoms with Gasteiger partial charge < -0.3 is 5.11 Å². The van der Waals surface area contributed by atoms with Crippen LogP contribution in [0.15, 0.2) is 18.2 Å². The van der Waals surface area contributed by atoms with Crippen LogP contribution in [0.3, 0.4) is 0 Å². The van der Waals surface area contributed by atoms with Crippen molar-refractivity contribution in [3.63, 3.8) is 0 Å². The van der Waals surface area contributed by atoms with E-state index in [1.165, 1.54) is 12.1 Å². The summed E-state index contributed by atoms with van der Waals surface area (Å²) in [5, 5.41) is 9.65. The maximum absolute atomic E-state index is 13.1. The first kappa shape index (κ1) is 14.0. The molecule has 0 aliphatic heterocycles. The van der Waals surface area contributed by atoms with Crippen molar-refractivity contribution < 1.29 is 14.3 Å². The molecule has 1 aromatic rings. The number of aliphatic carboxylic acids is 1. The lowest BCUT2D eigenvalue weighted by atomic mass is 9.75. The van der Waals surface area contributed by atoms with Crippen molar-refractivity contribution >= 4 is 5.97 Å². The van der Waals surface area contributed by atoms with Crippen LogP contribution in [0, 0.1) is 18.2 Å². The Hall–Kier alpha value is -1.38. The molecule has 0 spiro atoms. The van der Waals surface area contributed by atoms with Gasteiger partial charge in [-0.1, -0.05) is 31.7 Å². The molecule has 0 atom stereocenters. The quantitative estimate of drug-likeness (QED) is 0.834. The third-order valence-corrected chi connectivity index (χ3v) is 4.35. The topological polar surface area (TPSA) is 37.3 Å². The maximum atomic E-state index is 13.1. The number of hydrogen-bond donors (Lipinski definition) is 1. The Bertz CT molecular complexity index is 460. The highest BCUT2D eigenvalue weighted by molar-refractivity contribution is 5.75. The van der Waals surface area contributed by atoms with E-state index in [9.17, 15) is 14.3 Å². The Morgan fingerprint density at radius 2 is 1.89 bits per heavy atom. The molecule has 0 aromatic heterocycles. The first-order valence-electron chi connectivity index (χ1n) is 7.02. The number of hydrogen-bond acceptors (Lipinski definition) is 1. The highest BCUT2D eigenvalue weighted by Crippen LogP contribution is 2.39. The molecule has 2 rings (SSSR count). The van der Waals surface area contributed by atoms with Crippen LogP contribution in [0.5, 0.6) is 0 Å². The molecule has 1 aromatic carbocycles. The summed E-state index contributed by atoms with van der Waals surface area (Å²) in [5.41, 5.74) is 1.16. The van der Waals surface area contributed by atoms with Crippen LogP contribution in [-0.4, -0.2) is 11.1 Å². The number of carboxylic acids is 1. The van der Waals surface area contributed by atoms with Crippen LogP contribution < -0.4 is 0 Å². The van der Waals surface area contributed by atoms with E-state index >= 15 is 0 Å². The van der Waals surface area contributed by atoms with Crippen molar-refractivity contribution in [2.75, 3.05) is 0 Å². The fourth-order valence-electron chi connectivity index (χ4n) is 3.09. The molecule has 1 N–H and O–H groups in total. The molecule has 3 heteroatoms. The van der Waals surface area contributed by atoms with Crippen LogP contribution in [-0.2, 0) is 11.2 Å². The van der Waals surface area contributed by atoms with Gasteiger partial charge in [0.1, 0.15) is 5.82 Å². The zero-order valence-electron chi connectivity index (χ0n) is 11.4. The summed E-state index contributed by atoms with van der Waals surface area (Å²) in [6, 6.07) is 4.65. The minimum Gasteiger partial charge on any atom is -0.481 e. The van der Waals surface area contributed by atoms with E-state index in [1.54, 1.807) is 6.07 Å². The van der Waals surface area contributed by atoms with Crippen LogP contribution in [0.2, 0.25) is 0 Å². The van der Waals surface area contributed by atoms with E-state index in [0.717, 1.165) is 49.7 Å². The maximum Gasteiger partial charge on any atom is 0.309 e. The van der Waals surface area contributed by atoms with Gasteiger partial charge in [0.25, 0.3) is 0 Å². The van der Waals surface area contributed by atoms with Gasteiger partial charge in [0.05, 0.1) is 5.41 Å². The van der Waals surface area contributed by atoms with E-state index in [-0.39, 0.29) is 5.82 Å². The predicted molar refractivity (Wildman–Crippen MR) is 72.6 cm³/mol. The van der Waals surface area contributed by atoms with Crippen LogP contribution >= 0.6 is 0 Å². The van der Waals surface area contributed by atoms with E-state index in [4.69, 9.17) is 0 Å². The molecule has 104 valence electrons. The van der Waals surface area contributed by atoms with Crippen molar-refractivity contribution in [2.45, 2.75) is 51.9 Å². The second-order valence-electron chi connectivity index (χ2n) is 5.75. The predicted octanol–water partition coefficient (Wildman–Crippen LogP) is 4.10. The lowest BCUT2D eigenvalue weighted by molar-refractivity contribution is -0.149. The highest BCUT2D eigenvalue weighted by atomic mass is 19.1. The number of aryl methyl sites for hydroxylation is 1. The Labute approximate surface area is 113 Å². The fraction of sp³-hybridized carbons (Fsp3) is 0.562. The fourth-order valence-corrected chi connectivity index (χ4v) is 3.09. The van der Waals surface area contributed by atoms with E-state index in [1.807, 2.05) is 6.92 Å². The summed E-state index contributed by atoms with van der Waals surface area (Å²) in [5.74, 6) is -0.954. The number of carbonyl (C=O) groups is 1. The third kappa shape index (κ3) is 3.14. The minimum atomic E-state index is -0.696. The van der Waals surface area contributed by atoms with Crippen LogP contribution in [0.4, 0.5) is 4.39 Å². The van der Waals surface area contributed by atoms with Gasteiger partial charge in [-0.05, 0) is 49.4 Å². The van der Waals surface area contributed by atoms with Gasteiger partial charge >= 0.3 is 5.97 Å². The lowest BCUT2D eigenvalue weighted by Crippen LogP contribution is -2.33. The Kier molecular flexibility index (Phi) is 4.23. The number of benzene rings is 1. The molecule has 0 saturated heterocycles. The van der Waals surface area contributed by atoms with Gasteiger partial charge in [-0.25, -0.2) is 4.39 Å². The van der Waals surface area contributed by atoms with Gasteiger partial charge in [-0.15, -0.1) is 0 Å². The lowest BCUT2D eigenvalue weighted by Gasteiger charge is -2.28. The molecule has 0 amide bonds. The number of rotatable bonds is 3. The standard InChI is InChI=1S/C16H21FO2/c1-12-10-14(17)7-6-13(12)11-16(15(18)19)8-4-2-3-5-9-16/h6-7,10H,2-5,8-9,11H2,1H3,(H,18,19). The molecule has 0 unspecified atom stereocenters. The van der Waals surface area contributed by atoms with E-state index in [2.05, 4.69) is 0 Å². The molecule has 19 heavy (non-hydrogen) atoms. The van der Waals surface area contributed by atoms with E-state index < -0.39 is 11.4 Å². The van der Waals surface area contributed by atoms with Gasteiger partial charge in [0, 0.05) is 0 Å². The van der Waals surface area contributed by atoms with Crippen LogP contribution in [0.25, 0.3) is 0 Å². The molecule has 1 aliphatic carbocycles. The van der Waals surface area contributed by atoms with Gasteiger partial charge in [0.2, 0.25) is 0 Å². The normalized spacial score (nSPS) is 18.8. The Balaban J connectivity index is 2.27. The molecule has 2 nitrogen and oxygen atoms in total. The average molecular weight is 264 g/mol. The second kappa shape index (κ2) is 5.72. The summed E-state index contributed by atoms with van der Waals surface area (Å²) in [6.45, 7) is 1.85. The second-order valence-corrected chi connectivity index (χ2v) is 5.75. The zero-order chi connectivity index (χ0) is 13.9. The van der Waals surface area contributed by atoms with Crippen LogP contribution in [0.1, 0.15) is 49.7 Å². The Morgan fingerprint density at radius 1 is 1.26 bits per heavy atom. The van der Waals surface area contributed by atoms with Crippen molar-refractivity contribution in [2.24, 2.45) is 5.41 Å². The summed E-state index contributed by atoms with van der Waals surface area (Å²) in [4.78, 5) is 11.7. The van der Waals surface area contributed by atoms with Gasteiger partial charge in [-0.2, -0.15) is 0 Å². The van der Waals surface area contributed by atoms with Gasteiger partial charge in [-0.3, -0.25) is 4.79 Å². The smallest absolute Gasteiger partial charge is 0.309 e. The summed E-state index contributed by atoms with van der Waals surface area (Å²) in [7, 11) is 0. The number of halogens is 1. The first-order valence-corrected chi connectivity index (χ1v) is 7.02. The third-order valence-electron chi connectivity index (χ3n) is 4.35. The summed E-state index contributed by atoms with van der Waals surface area (Å²) >= 11 is 0. The average Bonchev–Trinajstić information content (AvgIpc) is 2.59. The van der Waals surface area contributed by atoms with Crippen molar-refractivity contribution in [3.05, 3.63) is 35.1 Å². The molecule has 0 heterocycles. The molecule has 1 fully saturated rings. The molecular formula is C16H21FO2. The monoisotopic (exact) mass is 264 g/mol. The molecule has 0 bridgehead atoms. The number of carboxylic acid groups (broad SMARTS) is 1. The largest absolute Gasteiger partial charge is 0.481 e. The van der Waals surface area contributed by atoms with Crippen molar-refractivity contribution in [1.82, 2.24) is 0 Å². The molecular weight excluding hydrogens is 243 g/mol. The van der Waals surface area contributed by atoms with E-state index in [0.29, 0.717) is 6.42 Å². The molecule has 1 saturated carbocycles. The van der Waals surface area contributed by atoms with Crippen molar-refractivity contribution in [3.8, 4) is 0 Å². The Morgan fingerprint density at radius 3 is 2.42 bits per heavy atom. The minimum absolute atomic E-state index is 0.258. The summed E-state index contributed by atoms with van der Waals surface area (Å²) in [6.07, 6.45) is 6.20. The zero-order valence-corrected chi connectivity index (χ0v) is 11.4. The SMILES string of the molecule is Cc1cc(F)ccc1CC1(C(=O)O)CCCCCC1. The van der Waals surface area contributed by atoms with Crippen molar-refractivity contribution in [1.29, 1.82) is 0 Å². The highest BCUT2D eigenvalue weighted by Gasteiger charge is 2.38. The van der Waals surface area contributed by atoms with Gasteiger partial charge in [0.15, 0.2) is 0 Å². The summed E-state index contributed by atoms with van der Waals surface area (Å²) < 4.78 is 13.1. The molecule has 1 aliphatic rings. The molecule has 0 radical (unpaired) electrons. The first-order chi connectivity index (χ1) is 9.03.